The summed E-state index contributed by atoms with van der Waals surface area (Å²) >= 11 is 0. The van der Waals surface area contributed by atoms with Crippen LogP contribution in [0.5, 0.6) is 0 Å². The van der Waals surface area contributed by atoms with Crippen LogP contribution in [0, 0.1) is 5.92 Å². The van der Waals surface area contributed by atoms with E-state index in [2.05, 4.69) is 27.3 Å². The quantitative estimate of drug-likeness (QED) is 0.223. The van der Waals surface area contributed by atoms with Crippen LogP contribution in [0.3, 0.4) is 0 Å². The molecule has 152 valence electrons. The summed E-state index contributed by atoms with van der Waals surface area (Å²) < 4.78 is 15.8. The van der Waals surface area contributed by atoms with Gasteiger partial charge < -0.3 is 24.8 Å². The third kappa shape index (κ3) is 12.1. The molecule has 0 aliphatic carbocycles. The second kappa shape index (κ2) is 15.9. The largest absolute Gasteiger partial charge is 0.469 e. The van der Waals surface area contributed by atoms with Gasteiger partial charge >= 0.3 is 5.97 Å². The molecule has 1 rings (SSSR count). The van der Waals surface area contributed by atoms with E-state index in [0.717, 1.165) is 90.5 Å². The van der Waals surface area contributed by atoms with Crippen molar-refractivity contribution in [3.05, 3.63) is 0 Å². The number of hydrogen-bond acceptors (Lipinski definition) is 5. The molecule has 0 spiro atoms. The highest BCUT2D eigenvalue weighted by molar-refractivity contribution is 5.79. The van der Waals surface area contributed by atoms with Crippen molar-refractivity contribution in [2.24, 2.45) is 10.9 Å². The van der Waals surface area contributed by atoms with E-state index in [4.69, 9.17) is 9.47 Å². The van der Waals surface area contributed by atoms with Crippen molar-refractivity contribution >= 4 is 11.9 Å². The highest BCUT2D eigenvalue weighted by Crippen LogP contribution is 2.14. The van der Waals surface area contributed by atoms with Gasteiger partial charge in [-0.25, -0.2) is 0 Å². The summed E-state index contributed by atoms with van der Waals surface area (Å²) in [6.07, 6.45) is 6.54. The zero-order valence-electron chi connectivity index (χ0n) is 16.6. The van der Waals surface area contributed by atoms with Crippen LogP contribution in [-0.2, 0) is 19.0 Å². The molecule has 2 N–H and O–H groups in total. The SMILES string of the molecule is CCNC(=NCCCOCC1CCOCC1)NCCCCCC(=O)OC. The fraction of sp³-hybridized carbons (Fsp3) is 0.895. The van der Waals surface area contributed by atoms with Gasteiger partial charge in [0.15, 0.2) is 5.96 Å². The minimum atomic E-state index is -0.133. The zero-order chi connectivity index (χ0) is 18.9. The molecule has 1 saturated heterocycles. The highest BCUT2D eigenvalue weighted by Gasteiger charge is 2.13. The first kappa shape index (κ1) is 22.7. The monoisotopic (exact) mass is 371 g/mol. The maximum absolute atomic E-state index is 11.0. The second-order valence-electron chi connectivity index (χ2n) is 6.56. The van der Waals surface area contributed by atoms with E-state index in [-0.39, 0.29) is 5.97 Å². The Hall–Kier alpha value is -1.34. The van der Waals surface area contributed by atoms with Crippen LogP contribution in [-0.4, -0.2) is 65.1 Å². The average Bonchev–Trinajstić information content (AvgIpc) is 2.67. The molecular weight excluding hydrogens is 334 g/mol. The van der Waals surface area contributed by atoms with Gasteiger partial charge in [0.05, 0.1) is 7.11 Å². The number of methoxy groups -OCH3 is 1. The Labute approximate surface area is 158 Å². The number of ether oxygens (including phenoxy) is 3. The predicted octanol–water partition coefficient (Wildman–Crippen LogP) is 2.11. The molecular formula is C19H37N3O4. The number of nitrogens with zero attached hydrogens (tertiary/aromatic N) is 1. The molecule has 1 aliphatic heterocycles. The van der Waals surface area contributed by atoms with Gasteiger partial charge in [0.2, 0.25) is 0 Å². The van der Waals surface area contributed by atoms with Crippen LogP contribution in [0.4, 0.5) is 0 Å². The number of esters is 1. The highest BCUT2D eigenvalue weighted by atomic mass is 16.5. The zero-order valence-corrected chi connectivity index (χ0v) is 16.6. The summed E-state index contributed by atoms with van der Waals surface area (Å²) in [6, 6.07) is 0. The van der Waals surface area contributed by atoms with Crippen molar-refractivity contribution in [2.75, 3.05) is 53.2 Å². The molecule has 0 aromatic rings. The van der Waals surface area contributed by atoms with Crippen molar-refractivity contribution in [2.45, 2.75) is 51.9 Å². The minimum Gasteiger partial charge on any atom is -0.469 e. The van der Waals surface area contributed by atoms with Crippen LogP contribution >= 0.6 is 0 Å². The van der Waals surface area contributed by atoms with Crippen LogP contribution in [0.15, 0.2) is 4.99 Å². The number of hydrogen-bond donors (Lipinski definition) is 2. The first-order valence-electron chi connectivity index (χ1n) is 10.0. The minimum absolute atomic E-state index is 0.133. The molecule has 1 aliphatic rings. The lowest BCUT2D eigenvalue weighted by Crippen LogP contribution is -2.37. The molecule has 0 aromatic heterocycles. The van der Waals surface area contributed by atoms with E-state index in [1.54, 1.807) is 0 Å². The number of rotatable bonds is 13. The second-order valence-corrected chi connectivity index (χ2v) is 6.56. The number of aliphatic imine (C=N–C) groups is 1. The van der Waals surface area contributed by atoms with Crippen molar-refractivity contribution in [1.82, 2.24) is 10.6 Å². The van der Waals surface area contributed by atoms with Crippen molar-refractivity contribution < 1.29 is 19.0 Å². The maximum atomic E-state index is 11.0. The Bertz CT molecular complexity index is 385. The third-order valence-corrected chi connectivity index (χ3v) is 4.33. The van der Waals surface area contributed by atoms with Gasteiger partial charge in [0.25, 0.3) is 0 Å². The fourth-order valence-electron chi connectivity index (χ4n) is 2.74. The molecule has 0 atom stereocenters. The van der Waals surface area contributed by atoms with E-state index in [9.17, 15) is 4.79 Å². The van der Waals surface area contributed by atoms with Crippen LogP contribution in [0.2, 0.25) is 0 Å². The lowest BCUT2D eigenvalue weighted by molar-refractivity contribution is -0.140. The van der Waals surface area contributed by atoms with E-state index in [1.807, 2.05) is 0 Å². The first-order chi connectivity index (χ1) is 12.8. The van der Waals surface area contributed by atoms with Crippen LogP contribution in [0.1, 0.15) is 51.9 Å². The molecule has 1 fully saturated rings. The summed E-state index contributed by atoms with van der Waals surface area (Å²) in [5.74, 6) is 1.38. The number of guanidine groups is 1. The number of carbonyl (C=O) groups excluding carboxylic acids is 1. The Morgan fingerprint density at radius 2 is 1.96 bits per heavy atom. The Balaban J connectivity index is 2.03. The van der Waals surface area contributed by atoms with Gasteiger partial charge in [-0.05, 0) is 44.9 Å². The number of unbranched alkanes of at least 4 members (excludes halogenated alkanes) is 2. The molecule has 7 nitrogen and oxygen atoms in total. The van der Waals surface area contributed by atoms with Crippen molar-refractivity contribution in [1.29, 1.82) is 0 Å². The molecule has 0 aromatic carbocycles. The van der Waals surface area contributed by atoms with E-state index in [1.165, 1.54) is 7.11 Å². The van der Waals surface area contributed by atoms with Gasteiger partial charge in [-0.2, -0.15) is 0 Å². The Kier molecular flexibility index (Phi) is 13.9. The van der Waals surface area contributed by atoms with Crippen LogP contribution < -0.4 is 10.6 Å². The van der Waals surface area contributed by atoms with Gasteiger partial charge in [-0.1, -0.05) is 6.42 Å². The first-order valence-corrected chi connectivity index (χ1v) is 10.0. The molecule has 26 heavy (non-hydrogen) atoms. The van der Waals surface area contributed by atoms with Gasteiger partial charge in [0, 0.05) is 52.5 Å². The van der Waals surface area contributed by atoms with Gasteiger partial charge in [0.1, 0.15) is 0 Å². The summed E-state index contributed by atoms with van der Waals surface area (Å²) in [5, 5.41) is 6.59. The maximum Gasteiger partial charge on any atom is 0.305 e. The Morgan fingerprint density at radius 1 is 1.15 bits per heavy atom. The van der Waals surface area contributed by atoms with Crippen molar-refractivity contribution in [3.63, 3.8) is 0 Å². The molecule has 0 amide bonds. The molecule has 7 heteroatoms. The van der Waals surface area contributed by atoms with Gasteiger partial charge in [-0.3, -0.25) is 9.79 Å². The van der Waals surface area contributed by atoms with Crippen molar-refractivity contribution in [3.8, 4) is 0 Å². The van der Waals surface area contributed by atoms with E-state index in [0.29, 0.717) is 12.3 Å². The molecule has 0 bridgehead atoms. The summed E-state index contributed by atoms with van der Waals surface area (Å²) in [5.41, 5.74) is 0. The summed E-state index contributed by atoms with van der Waals surface area (Å²) in [6.45, 7) is 7.86. The topological polar surface area (TPSA) is 81.2 Å². The normalized spacial score (nSPS) is 15.7. The van der Waals surface area contributed by atoms with Crippen LogP contribution in [0.25, 0.3) is 0 Å². The Morgan fingerprint density at radius 3 is 2.69 bits per heavy atom. The number of nitrogens with one attached hydrogen (secondary N) is 2. The van der Waals surface area contributed by atoms with Gasteiger partial charge in [-0.15, -0.1) is 0 Å². The lowest BCUT2D eigenvalue weighted by atomic mass is 10.0. The summed E-state index contributed by atoms with van der Waals surface area (Å²) in [4.78, 5) is 15.6. The standard InChI is InChI=1S/C19H37N3O4/c1-3-20-19(21-11-6-4-5-8-18(23)24-2)22-12-7-13-26-16-17-9-14-25-15-10-17/h17H,3-16H2,1-2H3,(H2,20,21,22). The molecule has 0 saturated carbocycles. The fourth-order valence-corrected chi connectivity index (χ4v) is 2.74. The predicted molar refractivity (Wildman–Crippen MR) is 103 cm³/mol. The smallest absolute Gasteiger partial charge is 0.305 e. The lowest BCUT2D eigenvalue weighted by Gasteiger charge is -2.21. The third-order valence-electron chi connectivity index (χ3n) is 4.33. The molecule has 1 heterocycles. The van der Waals surface area contributed by atoms with E-state index < -0.39 is 0 Å². The van der Waals surface area contributed by atoms with E-state index >= 15 is 0 Å². The molecule has 0 unspecified atom stereocenters. The number of carbonyl (C=O) groups is 1. The summed E-state index contributed by atoms with van der Waals surface area (Å²) in [7, 11) is 1.43. The molecule has 0 radical (unpaired) electrons. The average molecular weight is 372 g/mol.